The monoisotopic (exact) mass is 306 g/mol. The van der Waals surface area contributed by atoms with Crippen LogP contribution in [0, 0.1) is 0 Å². The number of isocyanates is 2. The van der Waals surface area contributed by atoms with Crippen molar-refractivity contribution in [2.75, 3.05) is 0 Å². The van der Waals surface area contributed by atoms with E-state index < -0.39 is 11.9 Å². The van der Waals surface area contributed by atoms with Gasteiger partial charge in [0.25, 0.3) is 0 Å². The number of hydrogen-bond acceptors (Lipinski definition) is 5. The number of rotatable bonds is 4. The van der Waals surface area contributed by atoms with Crippen LogP contribution in [0.4, 0.5) is 11.4 Å². The van der Waals surface area contributed by atoms with Gasteiger partial charge in [0, 0.05) is 5.92 Å². The molecule has 6 heteroatoms. The van der Waals surface area contributed by atoms with Crippen LogP contribution in [0.2, 0.25) is 0 Å². The third-order valence-corrected chi connectivity index (χ3v) is 3.94. The molecule has 0 aliphatic heterocycles. The zero-order valence-electron chi connectivity index (χ0n) is 11.8. The molecule has 0 aromatic heterocycles. The van der Waals surface area contributed by atoms with Crippen molar-refractivity contribution in [1.29, 1.82) is 0 Å². The van der Waals surface area contributed by atoms with Crippen LogP contribution in [0.1, 0.15) is 28.5 Å². The number of nitrogens with zero attached hydrogens (tertiary/aromatic N) is 2. The third kappa shape index (κ3) is 2.49. The molecule has 6 nitrogen and oxygen atoms in total. The lowest BCUT2D eigenvalue weighted by Crippen LogP contribution is -2.16. The number of benzene rings is 2. The van der Waals surface area contributed by atoms with E-state index in [1.54, 1.807) is 42.5 Å². The molecule has 0 spiro atoms. The molecule has 112 valence electrons. The van der Waals surface area contributed by atoms with E-state index in [4.69, 9.17) is 0 Å². The highest BCUT2D eigenvalue weighted by molar-refractivity contribution is 5.83. The summed E-state index contributed by atoms with van der Waals surface area (Å²) < 4.78 is 0. The molecule has 0 radical (unpaired) electrons. The molecule has 2 aromatic rings. The zero-order chi connectivity index (χ0) is 16.4. The summed E-state index contributed by atoms with van der Waals surface area (Å²) >= 11 is 0. The van der Waals surface area contributed by atoms with Gasteiger partial charge in [-0.15, -0.1) is 0 Å². The Balaban J connectivity index is 2.08. The van der Waals surface area contributed by atoms with Gasteiger partial charge in [-0.3, -0.25) is 4.79 Å². The maximum absolute atomic E-state index is 11.7. The van der Waals surface area contributed by atoms with Crippen molar-refractivity contribution in [2.45, 2.75) is 11.8 Å². The molecular formula is C17H10N2O4. The van der Waals surface area contributed by atoms with Crippen molar-refractivity contribution < 1.29 is 19.5 Å². The van der Waals surface area contributed by atoms with Gasteiger partial charge >= 0.3 is 5.97 Å². The molecule has 2 aromatic carbocycles. The second-order valence-electron chi connectivity index (χ2n) is 5.11. The fraction of sp³-hybridized carbons (Fsp3) is 0.118. The van der Waals surface area contributed by atoms with Crippen molar-refractivity contribution in [1.82, 2.24) is 0 Å². The third-order valence-electron chi connectivity index (χ3n) is 3.94. The predicted octanol–water partition coefficient (Wildman–Crippen LogP) is 2.93. The number of aliphatic carboxylic acids is 1. The Labute approximate surface area is 130 Å². The maximum Gasteiger partial charge on any atom is 0.312 e. The summed E-state index contributed by atoms with van der Waals surface area (Å²) in [4.78, 5) is 39.6. The van der Waals surface area contributed by atoms with Crippen LogP contribution in [0.15, 0.2) is 52.4 Å². The first-order valence-corrected chi connectivity index (χ1v) is 6.78. The number of carboxylic acids is 1. The molecule has 23 heavy (non-hydrogen) atoms. The Kier molecular flexibility index (Phi) is 3.69. The van der Waals surface area contributed by atoms with Gasteiger partial charge in [-0.05, 0) is 34.9 Å². The normalized spacial score (nSPS) is 17.9. The molecule has 0 amide bonds. The van der Waals surface area contributed by atoms with E-state index in [9.17, 15) is 19.5 Å². The fourth-order valence-electron chi connectivity index (χ4n) is 3.01. The van der Waals surface area contributed by atoms with Crippen LogP contribution in [0.25, 0.3) is 0 Å². The van der Waals surface area contributed by atoms with Crippen LogP contribution < -0.4 is 0 Å². The lowest BCUT2D eigenvalue weighted by Gasteiger charge is -2.18. The van der Waals surface area contributed by atoms with Crippen molar-refractivity contribution in [2.24, 2.45) is 9.98 Å². The number of carbonyl (C=O) groups is 1. The summed E-state index contributed by atoms with van der Waals surface area (Å²) in [5.74, 6) is -2.20. The van der Waals surface area contributed by atoms with Gasteiger partial charge in [-0.2, -0.15) is 9.98 Å². The Hall–Kier alpha value is -3.33. The largest absolute Gasteiger partial charge is 0.481 e. The topological polar surface area (TPSA) is 96.2 Å². The number of carbonyl (C=O) groups excluding carboxylic acids is 2. The van der Waals surface area contributed by atoms with Gasteiger partial charge in [0.15, 0.2) is 0 Å². The van der Waals surface area contributed by atoms with Crippen molar-refractivity contribution in [3.8, 4) is 0 Å². The SMILES string of the molecule is O=C=Nc1ccc(C2c3ccc(N=C=O)c(c3)C2C(=O)O)cc1. The molecular weight excluding hydrogens is 296 g/mol. The molecule has 0 heterocycles. The van der Waals surface area contributed by atoms with Gasteiger partial charge in [-0.25, -0.2) is 9.59 Å². The second kappa shape index (κ2) is 5.81. The first-order chi connectivity index (χ1) is 11.2. The lowest BCUT2D eigenvalue weighted by atomic mass is 9.84. The van der Waals surface area contributed by atoms with Crippen LogP contribution in [0.5, 0.6) is 0 Å². The smallest absolute Gasteiger partial charge is 0.312 e. The summed E-state index contributed by atoms with van der Waals surface area (Å²) in [5.41, 5.74) is 2.89. The van der Waals surface area contributed by atoms with Crippen molar-refractivity contribution in [3.05, 3.63) is 59.2 Å². The molecule has 0 saturated carbocycles. The fourth-order valence-corrected chi connectivity index (χ4v) is 3.01. The summed E-state index contributed by atoms with van der Waals surface area (Å²) in [6, 6.07) is 11.8. The molecule has 2 unspecified atom stereocenters. The number of carboxylic acid groups (broad SMARTS) is 1. The summed E-state index contributed by atoms with van der Waals surface area (Å²) in [6.45, 7) is 0. The average Bonchev–Trinajstić information content (AvgIpc) is 2.85. The lowest BCUT2D eigenvalue weighted by molar-refractivity contribution is -0.139. The first-order valence-electron chi connectivity index (χ1n) is 6.78. The van der Waals surface area contributed by atoms with E-state index in [1.807, 2.05) is 0 Å². The van der Waals surface area contributed by atoms with Crippen molar-refractivity contribution in [3.63, 3.8) is 0 Å². The summed E-state index contributed by atoms with van der Waals surface area (Å²) in [7, 11) is 0. The maximum atomic E-state index is 11.7. The second-order valence-corrected chi connectivity index (χ2v) is 5.11. The summed E-state index contributed by atoms with van der Waals surface area (Å²) in [5, 5.41) is 9.61. The quantitative estimate of drug-likeness (QED) is 0.693. The summed E-state index contributed by atoms with van der Waals surface area (Å²) in [6.07, 6.45) is 2.91. The average molecular weight is 306 g/mol. The Morgan fingerprint density at radius 3 is 2.22 bits per heavy atom. The van der Waals surface area contributed by atoms with E-state index in [0.717, 1.165) is 11.1 Å². The molecule has 2 bridgehead atoms. The van der Waals surface area contributed by atoms with Gasteiger partial charge in [-0.1, -0.05) is 24.3 Å². The molecule has 1 aliphatic carbocycles. The van der Waals surface area contributed by atoms with E-state index in [0.29, 0.717) is 16.9 Å². The molecule has 0 saturated heterocycles. The van der Waals surface area contributed by atoms with Crippen LogP contribution >= 0.6 is 0 Å². The predicted molar refractivity (Wildman–Crippen MR) is 80.7 cm³/mol. The highest BCUT2D eigenvalue weighted by atomic mass is 16.4. The Morgan fingerprint density at radius 1 is 0.957 bits per heavy atom. The Morgan fingerprint density at radius 2 is 1.61 bits per heavy atom. The van der Waals surface area contributed by atoms with Gasteiger partial charge in [0.05, 0.1) is 17.3 Å². The van der Waals surface area contributed by atoms with Crippen LogP contribution in [-0.4, -0.2) is 23.2 Å². The van der Waals surface area contributed by atoms with Crippen LogP contribution in [0.3, 0.4) is 0 Å². The van der Waals surface area contributed by atoms with Crippen molar-refractivity contribution >= 4 is 29.5 Å². The minimum Gasteiger partial charge on any atom is -0.481 e. The van der Waals surface area contributed by atoms with Gasteiger partial charge < -0.3 is 5.11 Å². The van der Waals surface area contributed by atoms with Gasteiger partial charge in [0.1, 0.15) is 0 Å². The minimum atomic E-state index is -0.992. The molecule has 1 aliphatic rings. The minimum absolute atomic E-state index is 0.320. The highest BCUT2D eigenvalue weighted by Crippen LogP contribution is 2.48. The van der Waals surface area contributed by atoms with E-state index in [-0.39, 0.29) is 5.92 Å². The molecule has 0 fully saturated rings. The number of fused-ring (bicyclic) bond motifs is 2. The van der Waals surface area contributed by atoms with Crippen LogP contribution in [-0.2, 0) is 14.4 Å². The zero-order valence-corrected chi connectivity index (χ0v) is 11.8. The van der Waals surface area contributed by atoms with E-state index in [2.05, 4.69) is 9.98 Å². The molecule has 1 N–H and O–H groups in total. The highest BCUT2D eigenvalue weighted by Gasteiger charge is 2.39. The molecule has 3 rings (SSSR count). The number of aliphatic imine (C=N–C) groups is 2. The first kappa shape index (κ1) is 14.6. The van der Waals surface area contributed by atoms with E-state index in [1.165, 1.54) is 12.2 Å². The Bertz CT molecular complexity index is 876. The molecule has 2 atom stereocenters. The van der Waals surface area contributed by atoms with E-state index >= 15 is 0 Å². The standard InChI is InChI=1S/C17H10N2O4/c20-8-18-12-4-1-10(2-5-12)15-11-3-6-14(19-9-21)13(7-11)16(15)17(22)23/h1-7,15-16H,(H,22,23). The number of hydrogen-bond donors (Lipinski definition) is 1. The van der Waals surface area contributed by atoms with Gasteiger partial charge in [0.2, 0.25) is 12.2 Å².